The first-order valence-electron chi connectivity index (χ1n) is 6.03. The molecule has 0 aliphatic carbocycles. The number of halogens is 2. The lowest BCUT2D eigenvalue weighted by Gasteiger charge is -2.12. The van der Waals surface area contributed by atoms with E-state index >= 15 is 0 Å². The molecule has 7 heteroatoms. The summed E-state index contributed by atoms with van der Waals surface area (Å²) in [5, 5.41) is 0.242. The van der Waals surface area contributed by atoms with Gasteiger partial charge in [0.15, 0.2) is 5.78 Å². The summed E-state index contributed by atoms with van der Waals surface area (Å²) in [6.07, 6.45) is 0. The van der Waals surface area contributed by atoms with Gasteiger partial charge in [-0.15, -0.1) is 0 Å². The van der Waals surface area contributed by atoms with Gasteiger partial charge in [-0.25, -0.2) is 4.79 Å². The molecule has 0 atom stereocenters. The lowest BCUT2D eigenvalue weighted by atomic mass is 10.0. The quantitative estimate of drug-likeness (QED) is 0.568. The van der Waals surface area contributed by atoms with Crippen molar-refractivity contribution in [3.63, 3.8) is 0 Å². The number of alkyl halides is 1. The lowest BCUT2D eigenvalue weighted by Crippen LogP contribution is -2.42. The molecular weight excluding hydrogens is 404 g/mol. The predicted octanol–water partition coefficient (Wildman–Crippen LogP) is 1.97. The smallest absolute Gasteiger partial charge is 0.299 e. The molecule has 0 aliphatic heterocycles. The molecule has 1 heterocycles. The summed E-state index contributed by atoms with van der Waals surface area (Å²) in [6, 6.07) is 6.73. The Hall–Kier alpha value is -1.47. The molecule has 0 fully saturated rings. The Bertz CT molecular complexity index is 820. The van der Waals surface area contributed by atoms with Crippen LogP contribution in [0.25, 0.3) is 0 Å². The summed E-state index contributed by atoms with van der Waals surface area (Å²) in [5.74, 6) is -0.395. The standard InChI is InChI=1S/C14H12Br2N2O3/c1-17-10(7-15)11(13(20)18(2)14(17)21)12(19)8-3-5-9(16)6-4-8/h3-6H,7H2,1-2H3. The summed E-state index contributed by atoms with van der Waals surface area (Å²) in [4.78, 5) is 36.8. The molecule has 0 aliphatic rings. The highest BCUT2D eigenvalue weighted by Gasteiger charge is 2.22. The summed E-state index contributed by atoms with van der Waals surface area (Å²) in [5.41, 5.74) is -0.256. The molecule has 2 rings (SSSR count). The maximum Gasteiger partial charge on any atom is 0.330 e. The number of ketones is 1. The van der Waals surface area contributed by atoms with Crippen molar-refractivity contribution in [1.29, 1.82) is 0 Å². The zero-order chi connectivity index (χ0) is 15.7. The van der Waals surface area contributed by atoms with Crippen LogP contribution in [-0.4, -0.2) is 14.9 Å². The number of hydrogen-bond acceptors (Lipinski definition) is 3. The Morgan fingerprint density at radius 1 is 1.10 bits per heavy atom. The van der Waals surface area contributed by atoms with Gasteiger partial charge in [0.1, 0.15) is 5.56 Å². The third-order valence-electron chi connectivity index (χ3n) is 3.25. The zero-order valence-electron chi connectivity index (χ0n) is 11.4. The second-order valence-electron chi connectivity index (χ2n) is 4.50. The fraction of sp³-hybridized carbons (Fsp3) is 0.214. The molecule has 0 spiro atoms. The van der Waals surface area contributed by atoms with Gasteiger partial charge < -0.3 is 0 Å². The number of hydrogen-bond donors (Lipinski definition) is 0. The molecule has 0 unspecified atom stereocenters. The van der Waals surface area contributed by atoms with E-state index in [-0.39, 0.29) is 10.9 Å². The van der Waals surface area contributed by atoms with Crippen molar-refractivity contribution in [2.75, 3.05) is 0 Å². The van der Waals surface area contributed by atoms with E-state index in [9.17, 15) is 14.4 Å². The van der Waals surface area contributed by atoms with E-state index in [1.54, 1.807) is 24.3 Å². The molecule has 0 saturated carbocycles. The Morgan fingerprint density at radius 2 is 1.67 bits per heavy atom. The molecule has 0 N–H and O–H groups in total. The van der Waals surface area contributed by atoms with Gasteiger partial charge in [-0.1, -0.05) is 31.9 Å². The van der Waals surface area contributed by atoms with Crippen LogP contribution in [0.5, 0.6) is 0 Å². The van der Waals surface area contributed by atoms with E-state index < -0.39 is 17.0 Å². The average molecular weight is 416 g/mol. The van der Waals surface area contributed by atoms with Crippen molar-refractivity contribution in [3.05, 3.63) is 66.4 Å². The van der Waals surface area contributed by atoms with Crippen LogP contribution in [-0.2, 0) is 19.4 Å². The molecule has 1 aromatic heterocycles. The van der Waals surface area contributed by atoms with Gasteiger partial charge >= 0.3 is 5.69 Å². The molecule has 5 nitrogen and oxygen atoms in total. The van der Waals surface area contributed by atoms with E-state index in [2.05, 4.69) is 31.9 Å². The molecule has 1 aromatic carbocycles. The van der Waals surface area contributed by atoms with Crippen LogP contribution in [0.15, 0.2) is 38.3 Å². The van der Waals surface area contributed by atoms with Crippen LogP contribution < -0.4 is 11.2 Å². The molecule has 0 saturated heterocycles. The van der Waals surface area contributed by atoms with E-state index in [1.165, 1.54) is 18.7 Å². The molecule has 0 radical (unpaired) electrons. The van der Waals surface area contributed by atoms with Gasteiger partial charge in [0.2, 0.25) is 0 Å². The largest absolute Gasteiger partial charge is 0.330 e. The Kier molecular flexibility index (Phi) is 4.63. The number of rotatable bonds is 3. The first kappa shape index (κ1) is 15.9. The van der Waals surface area contributed by atoms with Gasteiger partial charge in [0, 0.05) is 35.2 Å². The van der Waals surface area contributed by atoms with Crippen molar-refractivity contribution in [2.45, 2.75) is 5.33 Å². The molecular formula is C14H12Br2N2O3. The first-order chi connectivity index (χ1) is 9.88. The Morgan fingerprint density at radius 3 is 2.19 bits per heavy atom. The third kappa shape index (κ3) is 2.80. The predicted molar refractivity (Wildman–Crippen MR) is 87.1 cm³/mol. The number of carbonyl (C=O) groups is 1. The minimum atomic E-state index is -0.583. The van der Waals surface area contributed by atoms with Crippen molar-refractivity contribution < 1.29 is 4.79 Å². The maximum absolute atomic E-state index is 12.6. The van der Waals surface area contributed by atoms with Gasteiger partial charge in [0.25, 0.3) is 5.56 Å². The summed E-state index contributed by atoms with van der Waals surface area (Å²) >= 11 is 6.53. The third-order valence-corrected chi connectivity index (χ3v) is 4.31. The molecule has 21 heavy (non-hydrogen) atoms. The highest BCUT2D eigenvalue weighted by molar-refractivity contribution is 9.10. The van der Waals surface area contributed by atoms with Gasteiger partial charge in [-0.2, -0.15) is 0 Å². The lowest BCUT2D eigenvalue weighted by molar-refractivity contribution is 0.103. The van der Waals surface area contributed by atoms with Crippen molar-refractivity contribution >= 4 is 37.6 Å². The van der Waals surface area contributed by atoms with Gasteiger partial charge in [0.05, 0.1) is 0 Å². The molecule has 2 aromatic rings. The van der Waals surface area contributed by atoms with Crippen LogP contribution in [0, 0.1) is 0 Å². The van der Waals surface area contributed by atoms with E-state index in [1.807, 2.05) is 0 Å². The average Bonchev–Trinajstić information content (AvgIpc) is 2.48. The van der Waals surface area contributed by atoms with Crippen molar-refractivity contribution in [1.82, 2.24) is 9.13 Å². The fourth-order valence-corrected chi connectivity index (χ4v) is 2.94. The van der Waals surface area contributed by atoms with Crippen molar-refractivity contribution in [3.8, 4) is 0 Å². The van der Waals surface area contributed by atoms with E-state index in [4.69, 9.17) is 0 Å². The van der Waals surface area contributed by atoms with Crippen LogP contribution in [0.2, 0.25) is 0 Å². The summed E-state index contributed by atoms with van der Waals surface area (Å²) in [7, 11) is 2.90. The second-order valence-corrected chi connectivity index (χ2v) is 5.97. The Labute approximate surface area is 137 Å². The first-order valence-corrected chi connectivity index (χ1v) is 7.95. The van der Waals surface area contributed by atoms with E-state index in [0.717, 1.165) is 9.04 Å². The molecule has 0 bridgehead atoms. The van der Waals surface area contributed by atoms with Crippen molar-refractivity contribution in [2.24, 2.45) is 14.1 Å². The number of aromatic nitrogens is 2. The molecule has 0 amide bonds. The topological polar surface area (TPSA) is 61.1 Å². The molecule has 110 valence electrons. The maximum atomic E-state index is 12.6. The monoisotopic (exact) mass is 414 g/mol. The second kappa shape index (κ2) is 6.11. The van der Waals surface area contributed by atoms with Crippen LogP contribution in [0.4, 0.5) is 0 Å². The summed E-state index contributed by atoms with van der Waals surface area (Å²) < 4.78 is 3.09. The highest BCUT2D eigenvalue weighted by atomic mass is 79.9. The normalized spacial score (nSPS) is 10.7. The minimum Gasteiger partial charge on any atom is -0.299 e. The van der Waals surface area contributed by atoms with Gasteiger partial charge in [-0.05, 0) is 24.3 Å². The summed E-state index contributed by atoms with van der Waals surface area (Å²) in [6.45, 7) is 0. The number of nitrogens with zero attached hydrogens (tertiary/aromatic N) is 2. The van der Waals surface area contributed by atoms with Crippen LogP contribution >= 0.6 is 31.9 Å². The minimum absolute atomic E-state index is 0.0128. The highest BCUT2D eigenvalue weighted by Crippen LogP contribution is 2.15. The van der Waals surface area contributed by atoms with Gasteiger partial charge in [-0.3, -0.25) is 18.7 Å². The number of benzene rings is 1. The SMILES string of the molecule is Cn1c(CBr)c(C(=O)c2ccc(Br)cc2)c(=O)n(C)c1=O. The zero-order valence-corrected chi connectivity index (χ0v) is 14.6. The van der Waals surface area contributed by atoms with E-state index in [0.29, 0.717) is 11.3 Å². The van der Waals surface area contributed by atoms with Crippen LogP contribution in [0.3, 0.4) is 0 Å². The fourth-order valence-electron chi connectivity index (χ4n) is 2.02. The number of carbonyl (C=O) groups excluding carboxylic acids is 1. The Balaban J connectivity index is 2.74. The van der Waals surface area contributed by atoms with Crippen LogP contribution in [0.1, 0.15) is 21.6 Å².